The molecule has 0 saturated carbocycles. The number of aromatic nitrogens is 5. The lowest BCUT2D eigenvalue weighted by atomic mass is 10.2. The molecule has 3 rings (SSSR count). The van der Waals surface area contributed by atoms with Gasteiger partial charge in [0.2, 0.25) is 5.16 Å². The Morgan fingerprint density at radius 3 is 2.44 bits per heavy atom. The molecule has 0 unspecified atom stereocenters. The summed E-state index contributed by atoms with van der Waals surface area (Å²) in [5, 5.41) is 12.0. The number of aryl methyl sites for hydroxylation is 1. The molecule has 130 valence electrons. The molecule has 2 aromatic heterocycles. The number of benzene rings is 1. The van der Waals surface area contributed by atoms with Gasteiger partial charge in [-0.2, -0.15) is 4.68 Å². The lowest BCUT2D eigenvalue weighted by Gasteiger charge is -2.09. The minimum atomic E-state index is -4.72. The number of hydrogen-bond acceptors (Lipinski definition) is 6. The third-order valence-electron chi connectivity index (χ3n) is 3.13. The van der Waals surface area contributed by atoms with Crippen molar-refractivity contribution in [3.63, 3.8) is 0 Å². The molecule has 1 aromatic carbocycles. The molecule has 0 bridgehead atoms. The Morgan fingerprint density at radius 1 is 1.04 bits per heavy atom. The fraction of sp³-hybridized carbons (Fsp3) is 0.200. The second-order valence-electron chi connectivity index (χ2n) is 4.87. The normalized spacial score (nSPS) is 11.5. The maximum Gasteiger partial charge on any atom is 0.573 e. The predicted molar refractivity (Wildman–Crippen MR) is 84.5 cm³/mol. The van der Waals surface area contributed by atoms with E-state index in [2.05, 4.69) is 25.2 Å². The van der Waals surface area contributed by atoms with Gasteiger partial charge in [0.15, 0.2) is 0 Å². The van der Waals surface area contributed by atoms with E-state index in [1.807, 2.05) is 12.1 Å². The number of hydrogen-bond donors (Lipinski definition) is 0. The van der Waals surface area contributed by atoms with E-state index in [0.29, 0.717) is 10.8 Å². The second kappa shape index (κ2) is 7.51. The third-order valence-corrected chi connectivity index (χ3v) is 4.05. The van der Waals surface area contributed by atoms with Gasteiger partial charge >= 0.3 is 6.36 Å². The fourth-order valence-electron chi connectivity index (χ4n) is 2.03. The molecule has 10 heteroatoms. The lowest BCUT2D eigenvalue weighted by Crippen LogP contribution is -2.17. The van der Waals surface area contributed by atoms with Crippen LogP contribution >= 0.6 is 11.8 Å². The van der Waals surface area contributed by atoms with E-state index in [-0.39, 0.29) is 5.75 Å². The average molecular weight is 367 g/mol. The first-order valence-corrected chi connectivity index (χ1v) is 8.16. The van der Waals surface area contributed by atoms with Crippen molar-refractivity contribution < 1.29 is 17.9 Å². The first kappa shape index (κ1) is 17.2. The highest BCUT2D eigenvalue weighted by atomic mass is 32.2. The molecular formula is C15H12F3N5OS. The minimum Gasteiger partial charge on any atom is -0.406 e. The number of ether oxygens (including phenoxy) is 1. The molecule has 0 amide bonds. The molecule has 0 aliphatic carbocycles. The molecule has 6 nitrogen and oxygen atoms in total. The van der Waals surface area contributed by atoms with E-state index in [1.54, 1.807) is 12.4 Å². The van der Waals surface area contributed by atoms with E-state index in [0.717, 1.165) is 17.7 Å². The van der Waals surface area contributed by atoms with Crippen LogP contribution < -0.4 is 4.74 Å². The summed E-state index contributed by atoms with van der Waals surface area (Å²) >= 11 is 1.45. The molecule has 0 aliphatic heterocycles. The average Bonchev–Trinajstić information content (AvgIpc) is 3.04. The Balaban J connectivity index is 1.65. The first-order valence-electron chi connectivity index (χ1n) is 7.17. The molecule has 0 radical (unpaired) electrons. The first-order chi connectivity index (χ1) is 12.0. The van der Waals surface area contributed by atoms with Crippen molar-refractivity contribution in [2.24, 2.45) is 0 Å². The van der Waals surface area contributed by atoms with Crippen molar-refractivity contribution in [1.82, 2.24) is 25.2 Å². The van der Waals surface area contributed by atoms with Crippen LogP contribution in [0.15, 0.2) is 53.9 Å². The Bertz CT molecular complexity index is 808. The Kier molecular flexibility index (Phi) is 5.17. The zero-order chi connectivity index (χ0) is 17.7. The van der Waals surface area contributed by atoms with Gasteiger partial charge in [-0.25, -0.2) is 0 Å². The molecule has 0 N–H and O–H groups in total. The van der Waals surface area contributed by atoms with Crippen molar-refractivity contribution in [1.29, 1.82) is 0 Å². The summed E-state index contributed by atoms with van der Waals surface area (Å²) in [5.41, 5.74) is 1.70. The number of alkyl halides is 3. The number of pyridine rings is 1. The molecule has 0 spiro atoms. The smallest absolute Gasteiger partial charge is 0.406 e. The van der Waals surface area contributed by atoms with Gasteiger partial charge in [-0.1, -0.05) is 11.8 Å². The van der Waals surface area contributed by atoms with Crippen LogP contribution in [0.5, 0.6) is 5.75 Å². The summed E-state index contributed by atoms with van der Waals surface area (Å²) in [4.78, 5) is 3.96. The van der Waals surface area contributed by atoms with Crippen LogP contribution in [0.1, 0.15) is 5.56 Å². The highest BCUT2D eigenvalue weighted by Gasteiger charge is 2.31. The van der Waals surface area contributed by atoms with E-state index >= 15 is 0 Å². The summed E-state index contributed by atoms with van der Waals surface area (Å²) in [5.74, 6) is 0.454. The SMILES string of the molecule is FC(F)(F)Oc1ccc(-n2nnnc2SCCc2ccncc2)cc1. The van der Waals surface area contributed by atoms with Crippen molar-refractivity contribution in [2.45, 2.75) is 17.9 Å². The standard InChI is InChI=1S/C15H12F3N5OS/c16-15(17,18)24-13-3-1-12(2-4-13)23-14(20-21-22-23)25-10-7-11-5-8-19-9-6-11/h1-6,8-9H,7,10H2. The summed E-state index contributed by atoms with van der Waals surface area (Å²) in [7, 11) is 0. The van der Waals surface area contributed by atoms with Crippen molar-refractivity contribution in [3.05, 3.63) is 54.4 Å². The van der Waals surface area contributed by atoms with Crippen LogP contribution in [0, 0.1) is 0 Å². The van der Waals surface area contributed by atoms with Gasteiger partial charge in [-0.15, -0.1) is 18.3 Å². The van der Waals surface area contributed by atoms with Crippen molar-refractivity contribution >= 4 is 11.8 Å². The van der Waals surface area contributed by atoms with Gasteiger partial charge in [-0.3, -0.25) is 4.98 Å². The molecule has 3 aromatic rings. The lowest BCUT2D eigenvalue weighted by molar-refractivity contribution is -0.274. The zero-order valence-corrected chi connectivity index (χ0v) is 13.5. The molecule has 2 heterocycles. The van der Waals surface area contributed by atoms with Gasteiger partial charge < -0.3 is 4.74 Å². The fourth-order valence-corrected chi connectivity index (χ4v) is 2.91. The minimum absolute atomic E-state index is 0.295. The van der Waals surface area contributed by atoms with Crippen LogP contribution in [0.4, 0.5) is 13.2 Å². The van der Waals surface area contributed by atoms with Crippen molar-refractivity contribution in [3.8, 4) is 11.4 Å². The highest BCUT2D eigenvalue weighted by molar-refractivity contribution is 7.99. The van der Waals surface area contributed by atoms with Crippen LogP contribution in [0.25, 0.3) is 5.69 Å². The highest BCUT2D eigenvalue weighted by Crippen LogP contribution is 2.25. The number of halogens is 3. The Morgan fingerprint density at radius 2 is 1.76 bits per heavy atom. The van der Waals surface area contributed by atoms with Gasteiger partial charge in [0, 0.05) is 18.1 Å². The van der Waals surface area contributed by atoms with Gasteiger partial charge in [0.25, 0.3) is 0 Å². The summed E-state index contributed by atoms with van der Waals surface area (Å²) in [6.07, 6.45) is -0.439. The van der Waals surface area contributed by atoms with E-state index in [4.69, 9.17) is 0 Å². The summed E-state index contributed by atoms with van der Waals surface area (Å²) in [6, 6.07) is 9.23. The Labute approximate surface area is 145 Å². The molecule has 25 heavy (non-hydrogen) atoms. The van der Waals surface area contributed by atoms with E-state index in [9.17, 15) is 13.2 Å². The number of tetrazole rings is 1. The number of nitrogens with zero attached hydrogens (tertiary/aromatic N) is 5. The largest absolute Gasteiger partial charge is 0.573 e. The summed E-state index contributed by atoms with van der Waals surface area (Å²) < 4.78 is 41.9. The molecular weight excluding hydrogens is 355 g/mol. The van der Waals surface area contributed by atoms with Crippen LogP contribution in [0.3, 0.4) is 0 Å². The van der Waals surface area contributed by atoms with Gasteiger partial charge in [0.05, 0.1) is 5.69 Å². The molecule has 0 saturated heterocycles. The number of thioether (sulfide) groups is 1. The maximum absolute atomic E-state index is 12.2. The summed E-state index contributed by atoms with van der Waals surface area (Å²) in [6.45, 7) is 0. The maximum atomic E-state index is 12.2. The van der Waals surface area contributed by atoms with Crippen molar-refractivity contribution in [2.75, 3.05) is 5.75 Å². The van der Waals surface area contributed by atoms with E-state index in [1.165, 1.54) is 40.7 Å². The molecule has 0 atom stereocenters. The quantitative estimate of drug-likeness (QED) is 0.623. The zero-order valence-electron chi connectivity index (χ0n) is 12.7. The second-order valence-corrected chi connectivity index (χ2v) is 5.93. The molecule has 0 fully saturated rings. The van der Waals surface area contributed by atoms with Crippen LogP contribution in [-0.4, -0.2) is 37.3 Å². The van der Waals surface area contributed by atoms with Gasteiger partial charge in [-0.05, 0) is 58.8 Å². The molecule has 0 aliphatic rings. The monoisotopic (exact) mass is 367 g/mol. The Hall–Kier alpha value is -2.62. The van der Waals surface area contributed by atoms with E-state index < -0.39 is 6.36 Å². The third kappa shape index (κ3) is 4.92. The predicted octanol–water partition coefficient (Wildman–Crippen LogP) is 3.29. The van der Waals surface area contributed by atoms with Crippen LogP contribution in [0.2, 0.25) is 0 Å². The van der Waals surface area contributed by atoms with Crippen LogP contribution in [-0.2, 0) is 6.42 Å². The topological polar surface area (TPSA) is 65.7 Å². The number of rotatable bonds is 6. The van der Waals surface area contributed by atoms with Gasteiger partial charge in [0.1, 0.15) is 5.75 Å².